The standard InChI is InChI=1S/C26H23N5O5/c1-16-11-21(17(2)30(16)20-9-10-24-25(13-20)36-15-35-24)23(32)14-34-26(33)22(31-18(3)27-28-29-31)12-19-7-5-4-6-8-19/h4-13H,14-15H2,1-3H3/b22-12-. The van der Waals surface area contributed by atoms with Crippen molar-refractivity contribution in [1.82, 2.24) is 24.8 Å². The molecule has 0 N–H and O–H groups in total. The van der Waals surface area contributed by atoms with E-state index >= 15 is 0 Å². The minimum Gasteiger partial charge on any atom is -0.454 e. The van der Waals surface area contributed by atoms with Gasteiger partial charge in [-0.05, 0) is 61.0 Å². The molecule has 0 radical (unpaired) electrons. The van der Waals surface area contributed by atoms with Crippen molar-refractivity contribution in [1.29, 1.82) is 0 Å². The van der Waals surface area contributed by atoms with Gasteiger partial charge in [0.05, 0.1) is 0 Å². The number of hydrogen-bond acceptors (Lipinski definition) is 8. The van der Waals surface area contributed by atoms with Gasteiger partial charge in [0.25, 0.3) is 0 Å². The molecular weight excluding hydrogens is 462 g/mol. The molecule has 36 heavy (non-hydrogen) atoms. The Morgan fingerprint density at radius 2 is 1.81 bits per heavy atom. The van der Waals surface area contributed by atoms with E-state index in [1.54, 1.807) is 19.1 Å². The van der Waals surface area contributed by atoms with E-state index in [1.165, 1.54) is 4.68 Å². The second kappa shape index (κ2) is 9.49. The zero-order valence-corrected chi connectivity index (χ0v) is 20.0. The van der Waals surface area contributed by atoms with Crippen molar-refractivity contribution in [2.45, 2.75) is 20.8 Å². The highest BCUT2D eigenvalue weighted by Crippen LogP contribution is 2.35. The maximum Gasteiger partial charge on any atom is 0.357 e. The van der Waals surface area contributed by atoms with Gasteiger partial charge in [-0.25, -0.2) is 4.79 Å². The van der Waals surface area contributed by atoms with Crippen LogP contribution in [0.25, 0.3) is 17.5 Å². The predicted octanol–water partition coefficient (Wildman–Crippen LogP) is 3.54. The van der Waals surface area contributed by atoms with E-state index < -0.39 is 12.6 Å². The fourth-order valence-electron chi connectivity index (χ4n) is 4.12. The molecule has 0 atom stereocenters. The summed E-state index contributed by atoms with van der Waals surface area (Å²) >= 11 is 0. The number of carbonyl (C=O) groups is 2. The highest BCUT2D eigenvalue weighted by molar-refractivity contribution is 6.16. The monoisotopic (exact) mass is 485 g/mol. The van der Waals surface area contributed by atoms with Gasteiger partial charge in [0, 0.05) is 28.7 Å². The smallest absolute Gasteiger partial charge is 0.357 e. The van der Waals surface area contributed by atoms with Crippen LogP contribution in [0.3, 0.4) is 0 Å². The second-order valence-electron chi connectivity index (χ2n) is 8.24. The third-order valence-electron chi connectivity index (χ3n) is 5.85. The molecule has 0 unspecified atom stereocenters. The van der Waals surface area contributed by atoms with Crippen molar-refractivity contribution in [2.24, 2.45) is 0 Å². The summed E-state index contributed by atoms with van der Waals surface area (Å²) in [5.74, 6) is 0.704. The molecule has 0 bridgehead atoms. The maximum absolute atomic E-state index is 13.1. The maximum atomic E-state index is 13.1. The first-order valence-electron chi connectivity index (χ1n) is 11.2. The van der Waals surface area contributed by atoms with Gasteiger partial charge in [-0.3, -0.25) is 4.79 Å². The third-order valence-corrected chi connectivity index (χ3v) is 5.85. The molecule has 2 aromatic heterocycles. The summed E-state index contributed by atoms with van der Waals surface area (Å²) in [6.07, 6.45) is 1.61. The Labute approximate surface area is 206 Å². The van der Waals surface area contributed by atoms with Gasteiger partial charge in [-0.15, -0.1) is 5.10 Å². The molecule has 1 aliphatic heterocycles. The molecule has 0 aliphatic carbocycles. The van der Waals surface area contributed by atoms with Crippen molar-refractivity contribution in [3.05, 3.63) is 82.9 Å². The number of carbonyl (C=O) groups excluding carboxylic acids is 2. The normalized spacial score (nSPS) is 12.6. The molecule has 0 amide bonds. The molecule has 0 saturated carbocycles. The van der Waals surface area contributed by atoms with E-state index in [4.69, 9.17) is 14.2 Å². The zero-order valence-electron chi connectivity index (χ0n) is 20.0. The van der Waals surface area contributed by atoms with Crippen LogP contribution in [0.15, 0.2) is 54.6 Å². The number of hydrogen-bond donors (Lipinski definition) is 0. The molecule has 0 saturated heterocycles. The highest BCUT2D eigenvalue weighted by Gasteiger charge is 2.23. The third kappa shape index (κ3) is 4.36. The summed E-state index contributed by atoms with van der Waals surface area (Å²) in [5.41, 5.74) is 3.75. The van der Waals surface area contributed by atoms with Crippen LogP contribution in [0.1, 0.15) is 33.1 Å². The Bertz CT molecular complexity index is 1490. The lowest BCUT2D eigenvalue weighted by Gasteiger charge is -2.11. The van der Waals surface area contributed by atoms with Gasteiger partial charge in [0.15, 0.2) is 29.6 Å². The zero-order chi connectivity index (χ0) is 25.2. The summed E-state index contributed by atoms with van der Waals surface area (Å²) in [6, 6.07) is 16.6. The average Bonchev–Trinajstić information content (AvgIpc) is 3.59. The number of nitrogens with zero attached hydrogens (tertiary/aromatic N) is 5. The summed E-state index contributed by atoms with van der Waals surface area (Å²) in [4.78, 5) is 26.1. The van der Waals surface area contributed by atoms with Crippen LogP contribution in [0.4, 0.5) is 0 Å². The van der Waals surface area contributed by atoms with Gasteiger partial charge in [0.2, 0.25) is 12.6 Å². The number of fused-ring (bicyclic) bond motifs is 1. The summed E-state index contributed by atoms with van der Waals surface area (Å²) in [7, 11) is 0. The number of aryl methyl sites for hydroxylation is 2. The van der Waals surface area contributed by atoms with Crippen molar-refractivity contribution < 1.29 is 23.8 Å². The average molecular weight is 486 g/mol. The molecule has 0 fully saturated rings. The molecule has 10 nitrogen and oxygen atoms in total. The minimum absolute atomic E-state index is 0.0994. The molecule has 5 rings (SSSR count). The molecule has 1 aliphatic rings. The number of tetrazole rings is 1. The van der Waals surface area contributed by atoms with Crippen LogP contribution in [-0.4, -0.2) is 49.9 Å². The number of benzene rings is 2. The van der Waals surface area contributed by atoms with Crippen LogP contribution >= 0.6 is 0 Å². The van der Waals surface area contributed by atoms with Crippen molar-refractivity contribution in [3.8, 4) is 17.2 Å². The molecule has 2 aromatic carbocycles. The van der Waals surface area contributed by atoms with Gasteiger partial charge in [-0.2, -0.15) is 4.68 Å². The summed E-state index contributed by atoms with van der Waals surface area (Å²) < 4.78 is 19.5. The van der Waals surface area contributed by atoms with Gasteiger partial charge in [0.1, 0.15) is 0 Å². The van der Waals surface area contributed by atoms with Crippen molar-refractivity contribution >= 4 is 23.5 Å². The lowest BCUT2D eigenvalue weighted by Crippen LogP contribution is -2.19. The Morgan fingerprint density at radius 1 is 1.03 bits per heavy atom. The van der Waals surface area contributed by atoms with Gasteiger partial charge < -0.3 is 18.8 Å². The summed E-state index contributed by atoms with van der Waals surface area (Å²) in [5, 5.41) is 11.3. The quantitative estimate of drug-likeness (QED) is 0.222. The minimum atomic E-state index is -0.716. The van der Waals surface area contributed by atoms with E-state index in [0.29, 0.717) is 22.9 Å². The molecule has 0 spiro atoms. The number of ether oxygens (including phenoxy) is 3. The Balaban J connectivity index is 1.36. The lowest BCUT2D eigenvalue weighted by molar-refractivity contribution is -0.136. The van der Waals surface area contributed by atoms with E-state index in [2.05, 4.69) is 15.5 Å². The highest BCUT2D eigenvalue weighted by atomic mass is 16.7. The number of rotatable bonds is 7. The fourth-order valence-corrected chi connectivity index (χ4v) is 4.12. The Hall–Kier alpha value is -4.73. The van der Waals surface area contributed by atoms with Crippen LogP contribution in [-0.2, 0) is 9.53 Å². The number of ketones is 1. The molecule has 4 aromatic rings. The van der Waals surface area contributed by atoms with E-state index in [-0.39, 0.29) is 18.3 Å². The molecule has 3 heterocycles. The predicted molar refractivity (Wildman–Crippen MR) is 130 cm³/mol. The number of aromatic nitrogens is 5. The van der Waals surface area contributed by atoms with E-state index in [9.17, 15) is 9.59 Å². The van der Waals surface area contributed by atoms with Gasteiger partial charge in [-0.1, -0.05) is 30.3 Å². The van der Waals surface area contributed by atoms with Crippen molar-refractivity contribution in [2.75, 3.05) is 13.4 Å². The topological polar surface area (TPSA) is 110 Å². The number of Topliss-reactive ketones (excluding diaryl/α,β-unsaturated/α-hetero) is 1. The second-order valence-corrected chi connectivity index (χ2v) is 8.24. The van der Waals surface area contributed by atoms with Gasteiger partial charge >= 0.3 is 5.97 Å². The SMILES string of the molecule is Cc1nnnn1/C(=C\c1ccccc1)C(=O)OCC(=O)c1cc(C)n(-c2ccc3c(c2)OCO3)c1C. The fraction of sp³-hybridized carbons (Fsp3) is 0.192. The van der Waals surface area contributed by atoms with Crippen LogP contribution in [0, 0.1) is 20.8 Å². The Morgan fingerprint density at radius 3 is 2.56 bits per heavy atom. The first-order valence-corrected chi connectivity index (χ1v) is 11.2. The van der Waals surface area contributed by atoms with Crippen LogP contribution < -0.4 is 9.47 Å². The van der Waals surface area contributed by atoms with Crippen LogP contribution in [0.2, 0.25) is 0 Å². The first kappa shape index (κ1) is 23.0. The molecule has 182 valence electrons. The summed E-state index contributed by atoms with van der Waals surface area (Å²) in [6.45, 7) is 5.17. The first-order chi connectivity index (χ1) is 17.4. The lowest BCUT2D eigenvalue weighted by atomic mass is 10.1. The largest absolute Gasteiger partial charge is 0.454 e. The molecule has 10 heteroatoms. The van der Waals surface area contributed by atoms with Crippen molar-refractivity contribution in [3.63, 3.8) is 0 Å². The van der Waals surface area contributed by atoms with E-state index in [1.807, 2.05) is 66.9 Å². The van der Waals surface area contributed by atoms with E-state index in [0.717, 1.165) is 22.6 Å². The molecular formula is C26H23N5O5. The Kier molecular flexibility index (Phi) is 6.07. The van der Waals surface area contributed by atoms with Crippen LogP contribution in [0.5, 0.6) is 11.5 Å². The number of esters is 1.